The fraction of sp³-hybridized carbons (Fsp3) is 0.182. The summed E-state index contributed by atoms with van der Waals surface area (Å²) in [4.78, 5) is 4.22. The molecule has 3 aromatic rings. The molecule has 4 heteroatoms. The van der Waals surface area contributed by atoms with Crippen LogP contribution in [-0.2, 0) is 0 Å². The van der Waals surface area contributed by atoms with Crippen LogP contribution in [0.5, 0.6) is 0 Å². The van der Waals surface area contributed by atoms with E-state index in [1.54, 1.807) is 6.20 Å². The topological polar surface area (TPSA) is 45.5 Å². The Hall–Kier alpha value is -2.65. The number of nitrogens with zero attached hydrogens (tertiary/aromatic N) is 2. The Balaban J connectivity index is 2.03. The van der Waals surface area contributed by atoms with Crippen molar-refractivity contribution in [1.82, 2.24) is 4.98 Å². The highest BCUT2D eigenvalue weighted by Crippen LogP contribution is 2.33. The zero-order valence-electron chi connectivity index (χ0n) is 14.9. The van der Waals surface area contributed by atoms with Crippen LogP contribution in [0, 0.1) is 13.8 Å². The third kappa shape index (κ3) is 4.12. The van der Waals surface area contributed by atoms with Gasteiger partial charge in [0.15, 0.2) is 0 Å². The third-order valence-corrected chi connectivity index (χ3v) is 4.79. The predicted octanol–water partition coefficient (Wildman–Crippen LogP) is 5.75. The molecule has 1 N–H and O–H groups in total. The summed E-state index contributed by atoms with van der Waals surface area (Å²) >= 11 is 6.14. The van der Waals surface area contributed by atoms with Gasteiger partial charge in [0.05, 0.1) is 5.71 Å². The van der Waals surface area contributed by atoms with Crippen molar-refractivity contribution in [1.29, 1.82) is 0 Å². The lowest BCUT2D eigenvalue weighted by molar-refractivity contribution is 0.317. The van der Waals surface area contributed by atoms with E-state index in [0.717, 1.165) is 21.8 Å². The number of benzene rings is 2. The molecule has 0 aliphatic carbocycles. The van der Waals surface area contributed by atoms with Gasteiger partial charge in [0, 0.05) is 34.8 Å². The molecule has 132 valence electrons. The molecular formula is C22H21ClN2O. The first-order valence-electron chi connectivity index (χ1n) is 8.53. The summed E-state index contributed by atoms with van der Waals surface area (Å²) in [5.41, 5.74) is 5.88. The first kappa shape index (κ1) is 18.2. The van der Waals surface area contributed by atoms with Crippen molar-refractivity contribution in [3.63, 3.8) is 0 Å². The normalized spacial score (nSPS) is 12.8. The van der Waals surface area contributed by atoms with Crippen LogP contribution in [-0.4, -0.2) is 15.9 Å². The number of hydrogen-bond acceptors (Lipinski definition) is 3. The molecule has 0 bridgehead atoms. The van der Waals surface area contributed by atoms with Gasteiger partial charge in [-0.25, -0.2) is 0 Å². The summed E-state index contributed by atoms with van der Waals surface area (Å²) in [7, 11) is 0. The molecule has 0 fully saturated rings. The standard InChI is InChI=1S/C22H21ClN2O/c1-15-12-19(23)8-9-20(15)21(17-6-4-3-5-7-17)14-22(25-26)18-10-11-24-16(2)13-18/h3-13,21,26H,14H2,1-2H3. The summed E-state index contributed by atoms with van der Waals surface area (Å²) < 4.78 is 0. The predicted molar refractivity (Wildman–Crippen MR) is 106 cm³/mol. The van der Waals surface area contributed by atoms with Gasteiger partial charge < -0.3 is 5.21 Å². The lowest BCUT2D eigenvalue weighted by Gasteiger charge is -2.21. The van der Waals surface area contributed by atoms with Gasteiger partial charge in [-0.1, -0.05) is 53.2 Å². The fourth-order valence-corrected chi connectivity index (χ4v) is 3.48. The van der Waals surface area contributed by atoms with Crippen molar-refractivity contribution >= 4 is 17.3 Å². The molecule has 0 amide bonds. The van der Waals surface area contributed by atoms with E-state index in [4.69, 9.17) is 11.6 Å². The number of oxime groups is 1. The minimum absolute atomic E-state index is 0.0628. The van der Waals surface area contributed by atoms with Gasteiger partial charge in [0.2, 0.25) is 0 Å². The molecule has 1 heterocycles. The Morgan fingerprint density at radius 2 is 1.85 bits per heavy atom. The van der Waals surface area contributed by atoms with E-state index in [1.807, 2.05) is 49.4 Å². The Bertz CT molecular complexity index is 922. The van der Waals surface area contributed by atoms with E-state index < -0.39 is 0 Å². The minimum atomic E-state index is 0.0628. The van der Waals surface area contributed by atoms with Crippen molar-refractivity contribution in [2.75, 3.05) is 0 Å². The van der Waals surface area contributed by atoms with Gasteiger partial charge in [0.25, 0.3) is 0 Å². The van der Waals surface area contributed by atoms with E-state index in [9.17, 15) is 5.21 Å². The molecule has 0 spiro atoms. The number of aryl methyl sites for hydroxylation is 2. The highest BCUT2D eigenvalue weighted by Gasteiger charge is 2.20. The molecule has 1 atom stereocenters. The molecule has 0 aliphatic heterocycles. The molecule has 1 aromatic heterocycles. The number of rotatable bonds is 5. The summed E-state index contributed by atoms with van der Waals surface area (Å²) in [6.07, 6.45) is 2.31. The molecule has 0 aliphatic rings. The van der Waals surface area contributed by atoms with Gasteiger partial charge in [0.1, 0.15) is 0 Å². The second kappa shape index (κ2) is 8.15. The zero-order chi connectivity index (χ0) is 18.5. The monoisotopic (exact) mass is 364 g/mol. The van der Waals surface area contributed by atoms with E-state index >= 15 is 0 Å². The van der Waals surface area contributed by atoms with Crippen molar-refractivity contribution in [3.8, 4) is 0 Å². The summed E-state index contributed by atoms with van der Waals surface area (Å²) in [6, 6.07) is 20.0. The molecular weight excluding hydrogens is 344 g/mol. The molecule has 2 aromatic carbocycles. The quantitative estimate of drug-likeness (QED) is 0.356. The number of pyridine rings is 1. The van der Waals surface area contributed by atoms with E-state index in [0.29, 0.717) is 12.1 Å². The average molecular weight is 365 g/mol. The van der Waals surface area contributed by atoms with Crippen LogP contribution in [0.15, 0.2) is 72.0 Å². The molecule has 3 rings (SSSR count). The fourth-order valence-electron chi connectivity index (χ4n) is 3.26. The summed E-state index contributed by atoms with van der Waals surface area (Å²) in [5, 5.41) is 14.0. The Morgan fingerprint density at radius 3 is 2.50 bits per heavy atom. The van der Waals surface area contributed by atoms with Crippen LogP contribution < -0.4 is 0 Å². The molecule has 0 saturated carbocycles. The van der Waals surface area contributed by atoms with Gasteiger partial charge in [-0.05, 0) is 54.8 Å². The lowest BCUT2D eigenvalue weighted by Crippen LogP contribution is -2.12. The maximum absolute atomic E-state index is 9.67. The van der Waals surface area contributed by atoms with Crippen molar-refractivity contribution in [2.45, 2.75) is 26.2 Å². The highest BCUT2D eigenvalue weighted by atomic mass is 35.5. The highest BCUT2D eigenvalue weighted by molar-refractivity contribution is 6.30. The maximum atomic E-state index is 9.67. The van der Waals surface area contributed by atoms with Crippen molar-refractivity contribution < 1.29 is 5.21 Å². The van der Waals surface area contributed by atoms with E-state index in [2.05, 4.69) is 35.3 Å². The number of hydrogen-bond donors (Lipinski definition) is 1. The summed E-state index contributed by atoms with van der Waals surface area (Å²) in [6.45, 7) is 3.99. The Labute approximate surface area is 159 Å². The largest absolute Gasteiger partial charge is 0.411 e. The van der Waals surface area contributed by atoms with Crippen LogP contribution in [0.1, 0.15) is 40.3 Å². The molecule has 1 unspecified atom stereocenters. The Morgan fingerprint density at radius 1 is 1.08 bits per heavy atom. The lowest BCUT2D eigenvalue weighted by atomic mass is 9.83. The van der Waals surface area contributed by atoms with Gasteiger partial charge in [-0.15, -0.1) is 0 Å². The second-order valence-electron chi connectivity index (χ2n) is 6.40. The van der Waals surface area contributed by atoms with Gasteiger partial charge >= 0.3 is 0 Å². The molecule has 0 radical (unpaired) electrons. The van der Waals surface area contributed by atoms with Crippen LogP contribution in [0.4, 0.5) is 0 Å². The van der Waals surface area contributed by atoms with Crippen LogP contribution in [0.3, 0.4) is 0 Å². The van der Waals surface area contributed by atoms with Gasteiger partial charge in [-0.2, -0.15) is 0 Å². The average Bonchev–Trinajstić information content (AvgIpc) is 2.64. The zero-order valence-corrected chi connectivity index (χ0v) is 15.6. The van der Waals surface area contributed by atoms with E-state index in [1.165, 1.54) is 11.1 Å². The summed E-state index contributed by atoms with van der Waals surface area (Å²) in [5.74, 6) is 0.0628. The SMILES string of the molecule is Cc1cc(C(CC(c2ccccc2)c2ccc(Cl)cc2C)=NO)ccn1. The molecule has 0 saturated heterocycles. The number of halogens is 1. The Kier molecular flexibility index (Phi) is 5.69. The molecule has 3 nitrogen and oxygen atoms in total. The molecule has 26 heavy (non-hydrogen) atoms. The van der Waals surface area contributed by atoms with Crippen molar-refractivity contribution in [3.05, 3.63) is 99.8 Å². The van der Waals surface area contributed by atoms with Gasteiger partial charge in [-0.3, -0.25) is 4.98 Å². The smallest absolute Gasteiger partial charge is 0.0878 e. The van der Waals surface area contributed by atoms with Crippen LogP contribution in [0.25, 0.3) is 0 Å². The number of aromatic nitrogens is 1. The van der Waals surface area contributed by atoms with Crippen LogP contribution >= 0.6 is 11.6 Å². The second-order valence-corrected chi connectivity index (χ2v) is 6.84. The minimum Gasteiger partial charge on any atom is -0.411 e. The third-order valence-electron chi connectivity index (χ3n) is 4.56. The maximum Gasteiger partial charge on any atom is 0.0878 e. The van der Waals surface area contributed by atoms with Crippen LogP contribution in [0.2, 0.25) is 5.02 Å². The first-order valence-corrected chi connectivity index (χ1v) is 8.91. The van der Waals surface area contributed by atoms with E-state index in [-0.39, 0.29) is 5.92 Å². The first-order chi connectivity index (χ1) is 12.6. The van der Waals surface area contributed by atoms with Crippen molar-refractivity contribution in [2.24, 2.45) is 5.16 Å².